The Morgan fingerprint density at radius 2 is 2.23 bits per heavy atom. The maximum absolute atomic E-state index is 11.9. The Labute approximate surface area is 138 Å². The molecule has 1 amide bonds. The molecule has 0 aliphatic rings. The van der Waals surface area contributed by atoms with E-state index in [-0.39, 0.29) is 12.3 Å². The second-order valence-electron chi connectivity index (χ2n) is 4.74. The van der Waals surface area contributed by atoms with Gasteiger partial charge < -0.3 is 15.2 Å². The highest BCUT2D eigenvalue weighted by Crippen LogP contribution is 2.21. The van der Waals surface area contributed by atoms with Crippen molar-refractivity contribution < 1.29 is 19.4 Å². The molecule has 1 atom stereocenters. The zero-order chi connectivity index (χ0) is 16.4. The van der Waals surface area contributed by atoms with Gasteiger partial charge in [0, 0.05) is 17.5 Å². The van der Waals surface area contributed by atoms with E-state index >= 15 is 0 Å². The molecule has 1 unspecified atom stereocenters. The third-order valence-electron chi connectivity index (χ3n) is 2.89. The number of aliphatic carboxylic acids is 1. The topological polar surface area (TPSA) is 75.6 Å². The summed E-state index contributed by atoms with van der Waals surface area (Å²) in [5, 5.41) is 11.8. The molecule has 120 valence electrons. The van der Waals surface area contributed by atoms with Crippen molar-refractivity contribution in [2.45, 2.75) is 25.3 Å². The first-order valence-electron chi connectivity index (χ1n) is 6.98. The molecule has 0 fully saturated rings. The van der Waals surface area contributed by atoms with E-state index in [4.69, 9.17) is 9.84 Å². The molecule has 22 heavy (non-hydrogen) atoms. The summed E-state index contributed by atoms with van der Waals surface area (Å²) >= 11 is 3.34. The number of carboxylic acids is 1. The summed E-state index contributed by atoms with van der Waals surface area (Å²) in [5.41, 5.74) is 0.757. The Hall–Kier alpha value is -1.66. The average molecular weight is 370 g/mol. The quantitative estimate of drug-likeness (QED) is 0.490. The third-order valence-corrected chi connectivity index (χ3v) is 3.39. The van der Waals surface area contributed by atoms with Crippen LogP contribution in [0.25, 0.3) is 0 Å². The van der Waals surface area contributed by atoms with Gasteiger partial charge in [-0.2, -0.15) is 0 Å². The molecule has 5 nitrogen and oxygen atoms in total. The summed E-state index contributed by atoms with van der Waals surface area (Å²) in [6, 6.07) is 6.72. The minimum Gasteiger partial charge on any atom is -0.481 e. The number of carbonyl (C=O) groups excluding carboxylic acids is 1. The summed E-state index contributed by atoms with van der Waals surface area (Å²) in [7, 11) is 0. The zero-order valence-corrected chi connectivity index (χ0v) is 13.8. The maximum atomic E-state index is 11.9. The molecule has 2 N–H and O–H groups in total. The van der Waals surface area contributed by atoms with Crippen LogP contribution < -0.4 is 5.32 Å². The Balaban J connectivity index is 2.56. The van der Waals surface area contributed by atoms with Crippen LogP contribution in [-0.4, -0.2) is 30.2 Å². The fraction of sp³-hybridized carbons (Fsp3) is 0.375. The number of carboxylic acid groups (broad SMARTS) is 1. The van der Waals surface area contributed by atoms with Gasteiger partial charge in [-0.15, -0.1) is 6.58 Å². The molecule has 6 heteroatoms. The van der Waals surface area contributed by atoms with E-state index in [0.29, 0.717) is 26.1 Å². The van der Waals surface area contributed by atoms with Gasteiger partial charge in [-0.3, -0.25) is 9.59 Å². The molecule has 0 heterocycles. The second kappa shape index (κ2) is 10.1. The van der Waals surface area contributed by atoms with Crippen LogP contribution in [0.3, 0.4) is 0 Å². The van der Waals surface area contributed by atoms with Gasteiger partial charge in [0.05, 0.1) is 19.1 Å². The summed E-state index contributed by atoms with van der Waals surface area (Å²) in [6.07, 6.45) is 2.37. The van der Waals surface area contributed by atoms with Crippen molar-refractivity contribution >= 4 is 27.8 Å². The molecule has 0 spiro atoms. The van der Waals surface area contributed by atoms with Gasteiger partial charge in [0.25, 0.3) is 0 Å². The molecule has 0 saturated carbocycles. The van der Waals surface area contributed by atoms with E-state index in [2.05, 4.69) is 27.8 Å². The highest BCUT2D eigenvalue weighted by molar-refractivity contribution is 9.10. The Kier molecular flexibility index (Phi) is 8.47. The first kappa shape index (κ1) is 18.4. The van der Waals surface area contributed by atoms with E-state index in [0.717, 1.165) is 10.0 Å². The van der Waals surface area contributed by atoms with Crippen LogP contribution in [0.1, 0.15) is 30.9 Å². The van der Waals surface area contributed by atoms with Gasteiger partial charge in [0.1, 0.15) is 0 Å². The molecule has 0 aromatic heterocycles. The minimum absolute atomic E-state index is 0.158. The van der Waals surface area contributed by atoms with E-state index in [1.165, 1.54) is 0 Å². The molecule has 1 aromatic rings. The Morgan fingerprint density at radius 3 is 2.86 bits per heavy atom. The molecular weight excluding hydrogens is 350 g/mol. The van der Waals surface area contributed by atoms with Crippen LogP contribution >= 0.6 is 15.9 Å². The molecule has 1 aromatic carbocycles. The number of amides is 1. The first-order chi connectivity index (χ1) is 10.5. The highest BCUT2D eigenvalue weighted by Gasteiger charge is 2.18. The predicted octanol–water partition coefficient (Wildman–Crippen LogP) is 3.06. The van der Waals surface area contributed by atoms with Crippen molar-refractivity contribution in [3.63, 3.8) is 0 Å². The van der Waals surface area contributed by atoms with Gasteiger partial charge in [-0.1, -0.05) is 34.1 Å². The summed E-state index contributed by atoms with van der Waals surface area (Å²) in [5.74, 6) is -1.15. The van der Waals surface area contributed by atoms with Gasteiger partial charge >= 0.3 is 5.97 Å². The van der Waals surface area contributed by atoms with E-state index in [9.17, 15) is 9.59 Å². The normalized spacial score (nSPS) is 11.7. The van der Waals surface area contributed by atoms with Crippen LogP contribution in [-0.2, 0) is 14.3 Å². The van der Waals surface area contributed by atoms with Crippen LogP contribution in [0.15, 0.2) is 41.4 Å². The summed E-state index contributed by atoms with van der Waals surface area (Å²) in [6.45, 7) is 4.47. The second-order valence-corrected chi connectivity index (χ2v) is 5.66. The van der Waals surface area contributed by atoms with Crippen LogP contribution in [0.5, 0.6) is 0 Å². The number of nitrogens with one attached hydrogen (secondary N) is 1. The molecular formula is C16H20BrNO4. The number of halogens is 1. The Morgan fingerprint density at radius 1 is 1.45 bits per heavy atom. The lowest BCUT2D eigenvalue weighted by Crippen LogP contribution is -2.30. The molecule has 0 bridgehead atoms. The smallest absolute Gasteiger partial charge is 0.305 e. The van der Waals surface area contributed by atoms with Crippen molar-refractivity contribution in [2.24, 2.45) is 0 Å². The summed E-state index contributed by atoms with van der Waals surface area (Å²) < 4.78 is 6.04. The molecule has 0 saturated heterocycles. The number of ether oxygens (including phenoxy) is 1. The first-order valence-corrected chi connectivity index (χ1v) is 7.77. The average Bonchev–Trinajstić information content (AvgIpc) is 2.46. The van der Waals surface area contributed by atoms with Gasteiger partial charge in [-0.05, 0) is 24.1 Å². The van der Waals surface area contributed by atoms with Gasteiger partial charge in [0.2, 0.25) is 5.91 Å². The number of hydrogen-bond donors (Lipinski definition) is 2. The summed E-state index contributed by atoms with van der Waals surface area (Å²) in [4.78, 5) is 22.9. The van der Waals surface area contributed by atoms with E-state index < -0.39 is 12.0 Å². The number of rotatable bonds is 10. The lowest BCUT2D eigenvalue weighted by molar-refractivity contribution is -0.137. The van der Waals surface area contributed by atoms with Crippen molar-refractivity contribution in [1.82, 2.24) is 5.32 Å². The highest BCUT2D eigenvalue weighted by atomic mass is 79.9. The van der Waals surface area contributed by atoms with Crippen LogP contribution in [0, 0.1) is 0 Å². The van der Waals surface area contributed by atoms with Crippen molar-refractivity contribution in [1.29, 1.82) is 0 Å². The van der Waals surface area contributed by atoms with Crippen molar-refractivity contribution in [2.75, 3.05) is 13.2 Å². The van der Waals surface area contributed by atoms with Gasteiger partial charge in [-0.25, -0.2) is 0 Å². The largest absolute Gasteiger partial charge is 0.481 e. The third kappa shape index (κ3) is 7.38. The molecule has 0 aliphatic carbocycles. The monoisotopic (exact) mass is 369 g/mol. The predicted molar refractivity (Wildman–Crippen MR) is 87.5 cm³/mol. The number of benzene rings is 1. The maximum Gasteiger partial charge on any atom is 0.305 e. The lowest BCUT2D eigenvalue weighted by atomic mass is 10.0. The van der Waals surface area contributed by atoms with E-state index in [1.807, 2.05) is 12.1 Å². The SMILES string of the molecule is C=CCOCCCC(=O)NC(CC(=O)O)c1cccc(Br)c1. The van der Waals surface area contributed by atoms with Crippen LogP contribution in [0.4, 0.5) is 0 Å². The zero-order valence-electron chi connectivity index (χ0n) is 12.3. The standard InChI is InChI=1S/C16H20BrNO4/c1-2-8-22-9-4-7-15(19)18-14(11-16(20)21)12-5-3-6-13(17)10-12/h2-3,5-6,10,14H,1,4,7-9,11H2,(H,18,19)(H,20,21). The lowest BCUT2D eigenvalue weighted by Gasteiger charge is -2.18. The van der Waals surface area contributed by atoms with Crippen molar-refractivity contribution in [3.8, 4) is 0 Å². The fourth-order valence-corrected chi connectivity index (χ4v) is 2.34. The Bertz CT molecular complexity index is 519. The number of hydrogen-bond acceptors (Lipinski definition) is 3. The van der Waals surface area contributed by atoms with E-state index in [1.54, 1.807) is 18.2 Å². The fourth-order valence-electron chi connectivity index (χ4n) is 1.92. The molecule has 0 aliphatic heterocycles. The van der Waals surface area contributed by atoms with Crippen LogP contribution in [0.2, 0.25) is 0 Å². The minimum atomic E-state index is -0.959. The molecule has 0 radical (unpaired) electrons. The van der Waals surface area contributed by atoms with Gasteiger partial charge in [0.15, 0.2) is 0 Å². The number of carbonyl (C=O) groups is 2. The molecule has 1 rings (SSSR count). The van der Waals surface area contributed by atoms with Crippen molar-refractivity contribution in [3.05, 3.63) is 47.0 Å².